The summed E-state index contributed by atoms with van der Waals surface area (Å²) in [6, 6.07) is 30.5. The molecule has 0 amide bonds. The second-order valence-corrected chi connectivity index (χ2v) is 7.52. The van der Waals surface area contributed by atoms with Crippen molar-refractivity contribution in [3.8, 4) is 23.0 Å². The summed E-state index contributed by atoms with van der Waals surface area (Å²) in [7, 11) is 0. The van der Waals surface area contributed by atoms with Gasteiger partial charge in [0.05, 0.1) is 11.0 Å². The molecular weight excluding hydrogens is 368 g/mol. The third-order valence-corrected chi connectivity index (χ3v) is 5.88. The predicted molar refractivity (Wildman–Crippen MR) is 110 cm³/mol. The van der Waals surface area contributed by atoms with Crippen molar-refractivity contribution in [3.05, 3.63) is 118 Å². The number of para-hydroxylation sites is 2. The van der Waals surface area contributed by atoms with Gasteiger partial charge < -0.3 is 9.47 Å². The largest absolute Gasteiger partial charge is 0.457 e. The smallest absolute Gasteiger partial charge is 0.135 e. The van der Waals surface area contributed by atoms with Crippen LogP contribution in [0.4, 0.5) is 0 Å². The molecule has 0 aliphatic carbocycles. The molecule has 6 rings (SSSR count). The van der Waals surface area contributed by atoms with Crippen LogP contribution in [0.3, 0.4) is 0 Å². The van der Waals surface area contributed by atoms with Gasteiger partial charge in [-0.15, -0.1) is 0 Å². The zero-order valence-electron chi connectivity index (χ0n) is 14.9. The molecule has 0 atom stereocenters. The fraction of sp³-hybridized carbons (Fsp3) is 0.0400. The Hall–Kier alpha value is -3.23. The van der Waals surface area contributed by atoms with Crippen LogP contribution in [0.1, 0.15) is 22.3 Å². The Morgan fingerprint density at radius 2 is 1.11 bits per heavy atom. The zero-order chi connectivity index (χ0) is 18.7. The first kappa shape index (κ1) is 15.8. The maximum Gasteiger partial charge on any atom is 0.135 e. The highest BCUT2D eigenvalue weighted by atomic mass is 35.5. The minimum atomic E-state index is -0.555. The highest BCUT2D eigenvalue weighted by Gasteiger charge is 2.50. The topological polar surface area (TPSA) is 18.5 Å². The van der Waals surface area contributed by atoms with Gasteiger partial charge in [0, 0.05) is 16.1 Å². The Labute approximate surface area is 167 Å². The molecule has 0 N–H and O–H groups in total. The quantitative estimate of drug-likeness (QED) is 0.307. The first-order valence-electron chi connectivity index (χ1n) is 9.23. The Balaban J connectivity index is 1.86. The van der Waals surface area contributed by atoms with Crippen molar-refractivity contribution in [2.75, 3.05) is 0 Å². The third kappa shape index (κ3) is 1.93. The Bertz CT molecular complexity index is 1180. The van der Waals surface area contributed by atoms with Crippen molar-refractivity contribution in [1.82, 2.24) is 0 Å². The van der Waals surface area contributed by atoms with Gasteiger partial charge in [0.25, 0.3) is 0 Å². The van der Waals surface area contributed by atoms with E-state index in [-0.39, 0.29) is 0 Å². The number of fused-ring (bicyclic) bond motifs is 4. The van der Waals surface area contributed by atoms with E-state index < -0.39 is 5.41 Å². The molecule has 2 heterocycles. The number of halogens is 1. The summed E-state index contributed by atoms with van der Waals surface area (Å²) in [6.07, 6.45) is 0. The van der Waals surface area contributed by atoms with Gasteiger partial charge in [0.15, 0.2) is 0 Å². The van der Waals surface area contributed by atoms with Gasteiger partial charge in [-0.2, -0.15) is 0 Å². The van der Waals surface area contributed by atoms with Crippen molar-refractivity contribution in [1.29, 1.82) is 0 Å². The second-order valence-electron chi connectivity index (χ2n) is 7.09. The minimum Gasteiger partial charge on any atom is -0.457 e. The fourth-order valence-electron chi connectivity index (χ4n) is 4.61. The van der Waals surface area contributed by atoms with E-state index in [2.05, 4.69) is 30.3 Å². The zero-order valence-corrected chi connectivity index (χ0v) is 15.6. The summed E-state index contributed by atoms with van der Waals surface area (Å²) in [5, 5.41) is 0.707. The van der Waals surface area contributed by atoms with Gasteiger partial charge in [-0.25, -0.2) is 0 Å². The van der Waals surface area contributed by atoms with Crippen LogP contribution >= 0.6 is 11.6 Å². The standard InChI is InChI=1S/C25H15ClO2/c26-17-8-5-7-16(15-17)25-18-9-1-3-11-20(18)27-22-13-6-14-23(24(22)25)28-21-12-4-2-10-19(21)25/h1-15H. The Morgan fingerprint density at radius 3 is 1.71 bits per heavy atom. The summed E-state index contributed by atoms with van der Waals surface area (Å²) in [5.74, 6) is 3.32. The average Bonchev–Trinajstić information content (AvgIpc) is 2.73. The molecular formula is C25H15ClO2. The van der Waals surface area contributed by atoms with Gasteiger partial charge in [-0.05, 0) is 42.0 Å². The molecule has 0 bridgehead atoms. The lowest BCUT2D eigenvalue weighted by Crippen LogP contribution is -2.36. The van der Waals surface area contributed by atoms with Gasteiger partial charge >= 0.3 is 0 Å². The molecule has 134 valence electrons. The maximum absolute atomic E-state index is 6.46. The fourth-order valence-corrected chi connectivity index (χ4v) is 4.80. The van der Waals surface area contributed by atoms with Crippen molar-refractivity contribution in [3.63, 3.8) is 0 Å². The van der Waals surface area contributed by atoms with E-state index in [1.165, 1.54) is 0 Å². The number of hydrogen-bond acceptors (Lipinski definition) is 2. The average molecular weight is 383 g/mol. The summed E-state index contributed by atoms with van der Waals surface area (Å²) >= 11 is 6.46. The van der Waals surface area contributed by atoms with Crippen LogP contribution in [-0.4, -0.2) is 0 Å². The lowest BCUT2D eigenvalue weighted by Gasteiger charge is -2.45. The molecule has 0 aromatic heterocycles. The molecule has 0 saturated carbocycles. The van der Waals surface area contributed by atoms with E-state index in [9.17, 15) is 0 Å². The molecule has 4 aromatic carbocycles. The van der Waals surface area contributed by atoms with Gasteiger partial charge in [-0.3, -0.25) is 0 Å². The molecule has 2 aliphatic rings. The van der Waals surface area contributed by atoms with Crippen LogP contribution in [0.15, 0.2) is 91.0 Å². The normalized spacial score (nSPS) is 14.8. The monoisotopic (exact) mass is 382 g/mol. The lowest BCUT2D eigenvalue weighted by atomic mass is 9.62. The number of hydrogen-bond donors (Lipinski definition) is 0. The first-order valence-corrected chi connectivity index (χ1v) is 9.60. The van der Waals surface area contributed by atoms with Crippen LogP contribution < -0.4 is 9.47 Å². The summed E-state index contributed by atoms with van der Waals surface area (Å²) in [5.41, 5.74) is 3.75. The van der Waals surface area contributed by atoms with E-state index in [1.54, 1.807) is 0 Å². The van der Waals surface area contributed by atoms with Crippen LogP contribution in [0.25, 0.3) is 0 Å². The van der Waals surface area contributed by atoms with Crippen molar-refractivity contribution in [2.45, 2.75) is 5.41 Å². The molecule has 28 heavy (non-hydrogen) atoms. The molecule has 3 heteroatoms. The van der Waals surface area contributed by atoms with E-state index in [0.717, 1.165) is 45.3 Å². The number of benzene rings is 4. The third-order valence-electron chi connectivity index (χ3n) is 5.64. The van der Waals surface area contributed by atoms with E-state index in [0.29, 0.717) is 5.02 Å². The Morgan fingerprint density at radius 1 is 0.571 bits per heavy atom. The lowest BCUT2D eigenvalue weighted by molar-refractivity contribution is 0.385. The molecule has 2 nitrogen and oxygen atoms in total. The summed E-state index contributed by atoms with van der Waals surface area (Å²) in [4.78, 5) is 0. The highest BCUT2D eigenvalue weighted by Crippen LogP contribution is 2.62. The van der Waals surface area contributed by atoms with Crippen LogP contribution in [0.2, 0.25) is 5.02 Å². The van der Waals surface area contributed by atoms with E-state index in [1.807, 2.05) is 60.7 Å². The molecule has 0 unspecified atom stereocenters. The molecule has 0 fully saturated rings. The van der Waals surface area contributed by atoms with Crippen molar-refractivity contribution in [2.24, 2.45) is 0 Å². The molecule has 2 aliphatic heterocycles. The maximum atomic E-state index is 6.46. The molecule has 0 radical (unpaired) electrons. The predicted octanol–water partition coefficient (Wildman–Crippen LogP) is 6.93. The second kappa shape index (κ2) is 5.63. The van der Waals surface area contributed by atoms with Gasteiger partial charge in [0.2, 0.25) is 0 Å². The Kier molecular flexibility index (Phi) is 3.18. The molecule has 0 spiro atoms. The van der Waals surface area contributed by atoms with Gasteiger partial charge in [-0.1, -0.05) is 66.2 Å². The van der Waals surface area contributed by atoms with Gasteiger partial charge in [0.1, 0.15) is 23.0 Å². The SMILES string of the molecule is Clc1cccc(C23c4ccccc4Oc4cccc(c42)Oc2ccccc23)c1. The van der Waals surface area contributed by atoms with E-state index >= 15 is 0 Å². The number of rotatable bonds is 1. The van der Waals surface area contributed by atoms with Crippen molar-refractivity contribution >= 4 is 11.6 Å². The summed E-state index contributed by atoms with van der Waals surface area (Å²) in [6.45, 7) is 0. The molecule has 0 saturated heterocycles. The minimum absolute atomic E-state index is 0.555. The van der Waals surface area contributed by atoms with Crippen LogP contribution in [-0.2, 0) is 5.41 Å². The van der Waals surface area contributed by atoms with E-state index in [4.69, 9.17) is 21.1 Å². The first-order chi connectivity index (χ1) is 13.8. The number of ether oxygens (including phenoxy) is 2. The van der Waals surface area contributed by atoms with Crippen molar-refractivity contribution < 1.29 is 9.47 Å². The highest BCUT2D eigenvalue weighted by molar-refractivity contribution is 6.30. The molecule has 4 aromatic rings. The van der Waals surface area contributed by atoms with Crippen LogP contribution in [0, 0.1) is 0 Å². The summed E-state index contributed by atoms with van der Waals surface area (Å²) < 4.78 is 12.6. The van der Waals surface area contributed by atoms with Crippen LogP contribution in [0.5, 0.6) is 23.0 Å².